The molecule has 0 unspecified atom stereocenters. The average Bonchev–Trinajstić information content (AvgIpc) is 2.20. The van der Waals surface area contributed by atoms with Crippen LogP contribution < -0.4 is 10.2 Å². The normalized spacial score (nSPS) is 16.2. The van der Waals surface area contributed by atoms with Crippen molar-refractivity contribution in [3.8, 4) is 0 Å². The van der Waals surface area contributed by atoms with Crippen molar-refractivity contribution in [1.29, 1.82) is 0 Å². The molecule has 0 spiro atoms. The highest BCUT2D eigenvalue weighted by atomic mass is 35.5. The van der Waals surface area contributed by atoms with E-state index >= 15 is 0 Å². The third-order valence-electron chi connectivity index (χ3n) is 2.52. The number of benzene rings is 1. The molecule has 3 heteroatoms. The minimum Gasteiger partial charge on any atom is -0.369 e. The Morgan fingerprint density at radius 1 is 1.07 bits per heavy atom. The molecule has 0 aromatic heterocycles. The highest BCUT2D eigenvalue weighted by molar-refractivity contribution is 5.85. The van der Waals surface area contributed by atoms with E-state index in [9.17, 15) is 0 Å². The number of hydrogen-bond donors (Lipinski definition) is 1. The van der Waals surface area contributed by atoms with Crippen molar-refractivity contribution in [3.63, 3.8) is 0 Å². The molecular weight excluding hydrogens is 196 g/mol. The SMILES string of the molecule is Cc1ccc(N2CCNCC2)cc1.Cl. The zero-order chi connectivity index (χ0) is 9.10. The number of rotatable bonds is 1. The summed E-state index contributed by atoms with van der Waals surface area (Å²) in [6, 6.07) is 8.77. The molecule has 2 nitrogen and oxygen atoms in total. The molecule has 0 atom stereocenters. The first kappa shape index (κ1) is 11.3. The minimum absolute atomic E-state index is 0. The van der Waals surface area contributed by atoms with E-state index in [1.54, 1.807) is 0 Å². The fourth-order valence-corrected chi connectivity index (χ4v) is 1.68. The van der Waals surface area contributed by atoms with Gasteiger partial charge in [-0.1, -0.05) is 17.7 Å². The second-order valence-electron chi connectivity index (χ2n) is 3.57. The number of hydrogen-bond acceptors (Lipinski definition) is 2. The van der Waals surface area contributed by atoms with Gasteiger partial charge >= 0.3 is 0 Å². The van der Waals surface area contributed by atoms with Crippen LogP contribution in [0.1, 0.15) is 5.56 Å². The summed E-state index contributed by atoms with van der Waals surface area (Å²) in [5, 5.41) is 3.35. The number of nitrogens with zero attached hydrogens (tertiary/aromatic N) is 1. The van der Waals surface area contributed by atoms with E-state index < -0.39 is 0 Å². The van der Waals surface area contributed by atoms with Gasteiger partial charge in [-0.25, -0.2) is 0 Å². The summed E-state index contributed by atoms with van der Waals surface area (Å²) >= 11 is 0. The maximum absolute atomic E-state index is 3.35. The minimum atomic E-state index is 0. The molecule has 0 amide bonds. The lowest BCUT2D eigenvalue weighted by molar-refractivity contribution is 0.589. The summed E-state index contributed by atoms with van der Waals surface area (Å²) in [7, 11) is 0. The van der Waals surface area contributed by atoms with Gasteiger partial charge in [0.05, 0.1) is 0 Å². The Balaban J connectivity index is 0.000000980. The monoisotopic (exact) mass is 212 g/mol. The lowest BCUT2D eigenvalue weighted by Crippen LogP contribution is -2.43. The smallest absolute Gasteiger partial charge is 0.0367 e. The van der Waals surface area contributed by atoms with Crippen LogP contribution in [0.15, 0.2) is 24.3 Å². The van der Waals surface area contributed by atoms with Crippen LogP contribution in [0.3, 0.4) is 0 Å². The summed E-state index contributed by atoms with van der Waals surface area (Å²) < 4.78 is 0. The van der Waals surface area contributed by atoms with E-state index in [1.807, 2.05) is 0 Å². The Hall–Kier alpha value is -0.730. The Morgan fingerprint density at radius 2 is 1.64 bits per heavy atom. The molecule has 2 rings (SSSR count). The number of halogens is 1. The molecule has 1 aliphatic heterocycles. The Morgan fingerprint density at radius 3 is 2.21 bits per heavy atom. The summed E-state index contributed by atoms with van der Waals surface area (Å²) in [5.74, 6) is 0. The summed E-state index contributed by atoms with van der Waals surface area (Å²) in [6.45, 7) is 6.59. The first-order chi connectivity index (χ1) is 6.36. The molecule has 1 heterocycles. The van der Waals surface area contributed by atoms with Crippen molar-refractivity contribution in [2.24, 2.45) is 0 Å². The maximum atomic E-state index is 3.35. The van der Waals surface area contributed by atoms with Crippen LogP contribution in [0.5, 0.6) is 0 Å². The lowest BCUT2D eigenvalue weighted by atomic mass is 10.2. The van der Waals surface area contributed by atoms with Crippen LogP contribution in [0, 0.1) is 6.92 Å². The number of aryl methyl sites for hydroxylation is 1. The third-order valence-corrected chi connectivity index (χ3v) is 2.52. The Labute approximate surface area is 91.7 Å². The maximum Gasteiger partial charge on any atom is 0.0367 e. The molecule has 1 aromatic carbocycles. The molecule has 0 bridgehead atoms. The summed E-state index contributed by atoms with van der Waals surface area (Å²) in [6.07, 6.45) is 0. The average molecular weight is 213 g/mol. The molecule has 0 radical (unpaired) electrons. The highest BCUT2D eigenvalue weighted by Crippen LogP contribution is 2.14. The van der Waals surface area contributed by atoms with Crippen LogP contribution in [0.4, 0.5) is 5.69 Å². The second-order valence-corrected chi connectivity index (χ2v) is 3.57. The molecular formula is C11H17ClN2. The molecule has 1 saturated heterocycles. The number of piperazine rings is 1. The van der Waals surface area contributed by atoms with Crippen LogP contribution in [-0.4, -0.2) is 26.2 Å². The van der Waals surface area contributed by atoms with Crippen LogP contribution in [-0.2, 0) is 0 Å². The second kappa shape index (κ2) is 5.23. The van der Waals surface area contributed by atoms with Gasteiger partial charge in [0.2, 0.25) is 0 Å². The summed E-state index contributed by atoms with van der Waals surface area (Å²) in [5.41, 5.74) is 2.69. The fraction of sp³-hybridized carbons (Fsp3) is 0.455. The van der Waals surface area contributed by atoms with Crippen molar-refractivity contribution in [2.45, 2.75) is 6.92 Å². The van der Waals surface area contributed by atoms with Gasteiger partial charge in [-0.3, -0.25) is 0 Å². The van der Waals surface area contributed by atoms with Crippen molar-refractivity contribution in [1.82, 2.24) is 5.32 Å². The molecule has 1 aromatic rings. The standard InChI is InChI=1S/C11H16N2.ClH/c1-10-2-4-11(5-3-10)13-8-6-12-7-9-13;/h2-5,12H,6-9H2,1H3;1H. The van der Waals surface area contributed by atoms with E-state index in [0.29, 0.717) is 0 Å². The van der Waals surface area contributed by atoms with Crippen molar-refractivity contribution < 1.29 is 0 Å². The highest BCUT2D eigenvalue weighted by Gasteiger charge is 2.08. The van der Waals surface area contributed by atoms with Gasteiger partial charge in [-0.15, -0.1) is 12.4 Å². The zero-order valence-corrected chi connectivity index (χ0v) is 9.31. The van der Waals surface area contributed by atoms with Crippen molar-refractivity contribution in [2.75, 3.05) is 31.1 Å². The van der Waals surface area contributed by atoms with Crippen LogP contribution in [0.2, 0.25) is 0 Å². The first-order valence-electron chi connectivity index (χ1n) is 4.88. The summed E-state index contributed by atoms with van der Waals surface area (Å²) in [4.78, 5) is 2.43. The van der Waals surface area contributed by atoms with E-state index in [2.05, 4.69) is 41.4 Å². The molecule has 14 heavy (non-hydrogen) atoms. The number of nitrogens with one attached hydrogen (secondary N) is 1. The van der Waals surface area contributed by atoms with Crippen molar-refractivity contribution >= 4 is 18.1 Å². The van der Waals surface area contributed by atoms with Gasteiger partial charge in [-0.2, -0.15) is 0 Å². The predicted molar refractivity (Wildman–Crippen MR) is 63.5 cm³/mol. The quantitative estimate of drug-likeness (QED) is 0.764. The molecule has 78 valence electrons. The van der Waals surface area contributed by atoms with E-state index in [-0.39, 0.29) is 12.4 Å². The Bertz CT molecular complexity index is 265. The van der Waals surface area contributed by atoms with Gasteiger partial charge in [0, 0.05) is 31.9 Å². The molecule has 1 fully saturated rings. The third kappa shape index (κ3) is 2.63. The molecule has 0 aliphatic carbocycles. The van der Waals surface area contributed by atoms with Crippen LogP contribution in [0.25, 0.3) is 0 Å². The molecule has 0 saturated carbocycles. The van der Waals surface area contributed by atoms with Gasteiger partial charge in [0.25, 0.3) is 0 Å². The molecule has 1 aliphatic rings. The number of anilines is 1. The first-order valence-corrected chi connectivity index (χ1v) is 4.88. The Kier molecular flexibility index (Phi) is 4.23. The van der Waals surface area contributed by atoms with E-state index in [4.69, 9.17) is 0 Å². The van der Waals surface area contributed by atoms with Gasteiger partial charge in [0.1, 0.15) is 0 Å². The van der Waals surface area contributed by atoms with E-state index in [0.717, 1.165) is 26.2 Å². The van der Waals surface area contributed by atoms with Gasteiger partial charge in [0.15, 0.2) is 0 Å². The largest absolute Gasteiger partial charge is 0.369 e. The van der Waals surface area contributed by atoms with Crippen molar-refractivity contribution in [3.05, 3.63) is 29.8 Å². The molecule has 1 N–H and O–H groups in total. The zero-order valence-electron chi connectivity index (χ0n) is 8.49. The van der Waals surface area contributed by atoms with Crippen LogP contribution >= 0.6 is 12.4 Å². The van der Waals surface area contributed by atoms with Gasteiger partial charge in [-0.05, 0) is 19.1 Å². The lowest BCUT2D eigenvalue weighted by Gasteiger charge is -2.29. The fourth-order valence-electron chi connectivity index (χ4n) is 1.68. The predicted octanol–water partition coefficient (Wildman–Crippen LogP) is 1.83. The van der Waals surface area contributed by atoms with E-state index in [1.165, 1.54) is 11.3 Å². The topological polar surface area (TPSA) is 15.3 Å². The van der Waals surface area contributed by atoms with Gasteiger partial charge < -0.3 is 10.2 Å².